The number of nitrogens with one attached hydrogen (secondary N) is 2. The van der Waals surface area contributed by atoms with Crippen LogP contribution in [0.2, 0.25) is 0 Å². The Morgan fingerprint density at radius 1 is 1.03 bits per heavy atom. The molecule has 5 rings (SSSR count). The summed E-state index contributed by atoms with van der Waals surface area (Å²) in [5.41, 5.74) is 9.16. The maximum Gasteiger partial charge on any atom is 0.247 e. The average molecular weight is 483 g/mol. The summed E-state index contributed by atoms with van der Waals surface area (Å²) in [6.07, 6.45) is 6.18. The van der Waals surface area contributed by atoms with Crippen LogP contribution in [0.3, 0.4) is 0 Å². The van der Waals surface area contributed by atoms with Gasteiger partial charge in [-0.1, -0.05) is 6.58 Å². The van der Waals surface area contributed by atoms with Gasteiger partial charge in [0.15, 0.2) is 0 Å². The number of nitrogens with two attached hydrogens (primary N) is 1. The van der Waals surface area contributed by atoms with E-state index in [0.29, 0.717) is 39.7 Å². The second kappa shape index (κ2) is 9.92. The third-order valence-electron chi connectivity index (χ3n) is 5.93. The van der Waals surface area contributed by atoms with Crippen molar-refractivity contribution in [3.8, 4) is 11.4 Å². The summed E-state index contributed by atoms with van der Waals surface area (Å²) in [6, 6.07) is 9.09. The Bertz CT molecular complexity index is 1410. The van der Waals surface area contributed by atoms with Crippen molar-refractivity contribution in [3.05, 3.63) is 61.6 Å². The first kappa shape index (κ1) is 23.1. The van der Waals surface area contributed by atoms with Gasteiger partial charge >= 0.3 is 0 Å². The number of hydrogen-bond acceptors (Lipinski definition) is 10. The Morgan fingerprint density at radius 2 is 1.83 bits per heavy atom. The Labute approximate surface area is 208 Å². The zero-order valence-electron chi connectivity index (χ0n) is 19.8. The largest absolute Gasteiger partial charge is 0.383 e. The van der Waals surface area contributed by atoms with Crippen LogP contribution in [-0.4, -0.2) is 69.0 Å². The fourth-order valence-electron chi connectivity index (χ4n) is 3.97. The fraction of sp³-hybridized carbons (Fsp3) is 0.200. The maximum absolute atomic E-state index is 11.7. The van der Waals surface area contributed by atoms with Gasteiger partial charge in [0, 0.05) is 49.6 Å². The number of carbonyl (C=O) groups excluding carboxylic acids is 1. The van der Waals surface area contributed by atoms with Crippen molar-refractivity contribution in [2.45, 2.75) is 0 Å². The Kier molecular flexibility index (Phi) is 6.37. The molecule has 4 N–H and O–H groups in total. The standard InChI is InChI=1S/C25H26N10O/c1-3-21(36)30-16-6-8-27-19(14-16)23-22-18(7-9-28-23)24(26)33-25(32-22)31-17-4-5-20(29-15-17)35-12-10-34(2)11-13-35/h3-9,14-15H,1,10-13H2,2H3,(H,27,30,36)(H3,26,31,32,33). The molecule has 1 aliphatic heterocycles. The average Bonchev–Trinajstić information content (AvgIpc) is 2.89. The van der Waals surface area contributed by atoms with E-state index in [2.05, 4.69) is 59.0 Å². The first-order valence-electron chi connectivity index (χ1n) is 11.5. The van der Waals surface area contributed by atoms with Crippen LogP contribution in [0.15, 0.2) is 61.6 Å². The highest BCUT2D eigenvalue weighted by Crippen LogP contribution is 2.29. The molecule has 0 bridgehead atoms. The maximum atomic E-state index is 11.7. The molecule has 1 saturated heterocycles. The van der Waals surface area contributed by atoms with E-state index in [-0.39, 0.29) is 5.91 Å². The van der Waals surface area contributed by atoms with Crippen molar-refractivity contribution in [2.24, 2.45) is 0 Å². The quantitative estimate of drug-likeness (QED) is 0.352. The Hall–Kier alpha value is -4.64. The number of carbonyl (C=O) groups is 1. The van der Waals surface area contributed by atoms with Gasteiger partial charge in [-0.25, -0.2) is 9.97 Å². The van der Waals surface area contributed by atoms with Crippen molar-refractivity contribution in [2.75, 3.05) is 54.5 Å². The van der Waals surface area contributed by atoms with Crippen LogP contribution >= 0.6 is 0 Å². The highest BCUT2D eigenvalue weighted by Gasteiger charge is 2.16. The summed E-state index contributed by atoms with van der Waals surface area (Å²) < 4.78 is 0. The van der Waals surface area contributed by atoms with E-state index in [1.807, 2.05) is 12.1 Å². The molecule has 182 valence electrons. The lowest BCUT2D eigenvalue weighted by Crippen LogP contribution is -2.44. The first-order chi connectivity index (χ1) is 17.5. The second-order valence-electron chi connectivity index (χ2n) is 8.43. The molecule has 11 nitrogen and oxygen atoms in total. The number of anilines is 5. The van der Waals surface area contributed by atoms with Gasteiger partial charge in [-0.15, -0.1) is 0 Å². The van der Waals surface area contributed by atoms with Gasteiger partial charge in [0.05, 0.1) is 17.6 Å². The lowest BCUT2D eigenvalue weighted by molar-refractivity contribution is -0.111. The van der Waals surface area contributed by atoms with E-state index < -0.39 is 0 Å². The monoisotopic (exact) mass is 482 g/mol. The van der Waals surface area contributed by atoms with Crippen LogP contribution in [0.25, 0.3) is 22.3 Å². The highest BCUT2D eigenvalue weighted by atomic mass is 16.1. The molecule has 4 aromatic heterocycles. The molecule has 0 spiro atoms. The summed E-state index contributed by atoms with van der Waals surface area (Å²) in [5, 5.41) is 6.57. The van der Waals surface area contributed by atoms with Gasteiger partial charge in [-0.05, 0) is 43.5 Å². The molecule has 0 aromatic carbocycles. The predicted octanol–water partition coefficient (Wildman–Crippen LogP) is 2.68. The highest BCUT2D eigenvalue weighted by molar-refractivity contribution is 6.00. The number of nitrogens with zero attached hydrogens (tertiary/aromatic N) is 7. The number of rotatable bonds is 6. The van der Waals surface area contributed by atoms with E-state index in [0.717, 1.165) is 37.7 Å². The molecule has 1 amide bonds. The molecule has 0 radical (unpaired) electrons. The van der Waals surface area contributed by atoms with E-state index in [4.69, 9.17) is 5.73 Å². The van der Waals surface area contributed by atoms with Crippen LogP contribution in [0.5, 0.6) is 0 Å². The van der Waals surface area contributed by atoms with E-state index in [9.17, 15) is 4.79 Å². The van der Waals surface area contributed by atoms with Crippen molar-refractivity contribution in [3.63, 3.8) is 0 Å². The SMILES string of the molecule is C=CC(=O)Nc1ccnc(-c2nccc3c(N)nc(Nc4ccc(N5CCN(C)CC5)nc4)nc23)c1. The van der Waals surface area contributed by atoms with Gasteiger partial charge in [0.2, 0.25) is 11.9 Å². The minimum atomic E-state index is -0.316. The zero-order chi connectivity index (χ0) is 25.1. The summed E-state index contributed by atoms with van der Waals surface area (Å²) in [4.78, 5) is 38.9. The molecule has 0 atom stereocenters. The third kappa shape index (κ3) is 4.91. The van der Waals surface area contributed by atoms with Crippen molar-refractivity contribution in [1.29, 1.82) is 0 Å². The van der Waals surface area contributed by atoms with Crippen molar-refractivity contribution in [1.82, 2.24) is 29.8 Å². The van der Waals surface area contributed by atoms with E-state index >= 15 is 0 Å². The van der Waals surface area contributed by atoms with E-state index in [1.165, 1.54) is 6.08 Å². The molecular formula is C25H26N10O. The van der Waals surface area contributed by atoms with Crippen LogP contribution in [0.4, 0.5) is 29.0 Å². The topological polar surface area (TPSA) is 138 Å². The molecule has 1 aliphatic rings. The lowest BCUT2D eigenvalue weighted by Gasteiger charge is -2.33. The predicted molar refractivity (Wildman–Crippen MR) is 141 cm³/mol. The van der Waals surface area contributed by atoms with Gasteiger partial charge in [-0.3, -0.25) is 14.8 Å². The lowest BCUT2D eigenvalue weighted by atomic mass is 10.1. The number of fused-ring (bicyclic) bond motifs is 1. The smallest absolute Gasteiger partial charge is 0.247 e. The molecule has 36 heavy (non-hydrogen) atoms. The Balaban J connectivity index is 1.43. The molecule has 0 unspecified atom stereocenters. The summed E-state index contributed by atoms with van der Waals surface area (Å²) >= 11 is 0. The van der Waals surface area contributed by atoms with Gasteiger partial charge < -0.3 is 26.2 Å². The molecule has 11 heteroatoms. The molecule has 5 heterocycles. The van der Waals surface area contributed by atoms with Crippen LogP contribution in [0, 0.1) is 0 Å². The molecular weight excluding hydrogens is 456 g/mol. The number of hydrogen-bond donors (Lipinski definition) is 3. The fourth-order valence-corrected chi connectivity index (χ4v) is 3.97. The van der Waals surface area contributed by atoms with Crippen LogP contribution < -0.4 is 21.3 Å². The van der Waals surface area contributed by atoms with Crippen LogP contribution in [0.1, 0.15) is 0 Å². The first-order valence-corrected chi connectivity index (χ1v) is 11.5. The van der Waals surface area contributed by atoms with Crippen molar-refractivity contribution >= 4 is 45.8 Å². The van der Waals surface area contributed by atoms with Crippen molar-refractivity contribution < 1.29 is 4.79 Å². The molecule has 0 aliphatic carbocycles. The number of aromatic nitrogens is 5. The Morgan fingerprint density at radius 3 is 2.58 bits per heavy atom. The van der Waals surface area contributed by atoms with Gasteiger partial charge in [0.1, 0.15) is 22.8 Å². The number of amides is 1. The number of pyridine rings is 3. The minimum Gasteiger partial charge on any atom is -0.383 e. The van der Waals surface area contributed by atoms with Gasteiger partial charge in [-0.2, -0.15) is 4.98 Å². The second-order valence-corrected chi connectivity index (χ2v) is 8.43. The normalized spacial score (nSPS) is 14.0. The minimum absolute atomic E-state index is 0.310. The van der Waals surface area contributed by atoms with Crippen LogP contribution in [-0.2, 0) is 4.79 Å². The van der Waals surface area contributed by atoms with E-state index in [1.54, 1.807) is 36.8 Å². The number of likely N-dealkylation sites (N-methyl/N-ethyl adjacent to an activating group) is 1. The summed E-state index contributed by atoms with van der Waals surface area (Å²) in [6.45, 7) is 7.40. The third-order valence-corrected chi connectivity index (χ3v) is 5.93. The van der Waals surface area contributed by atoms with Gasteiger partial charge in [0.25, 0.3) is 0 Å². The number of nitrogen functional groups attached to an aromatic ring is 1. The summed E-state index contributed by atoms with van der Waals surface area (Å²) in [7, 11) is 2.13. The zero-order valence-corrected chi connectivity index (χ0v) is 19.8. The molecule has 4 aromatic rings. The summed E-state index contributed by atoms with van der Waals surface area (Å²) in [5.74, 6) is 1.25. The molecule has 1 fully saturated rings. The number of piperazine rings is 1. The molecule has 0 saturated carbocycles.